The van der Waals surface area contributed by atoms with Gasteiger partial charge in [0.2, 0.25) is 17.7 Å². The van der Waals surface area contributed by atoms with Gasteiger partial charge in [-0.1, -0.05) is 36.6 Å². The van der Waals surface area contributed by atoms with E-state index in [-0.39, 0.29) is 102 Å². The van der Waals surface area contributed by atoms with Crippen molar-refractivity contribution >= 4 is 69.9 Å². The molecule has 7 aliphatic heterocycles. The Morgan fingerprint density at radius 3 is 2.61 bits per heavy atom. The zero-order valence-electron chi connectivity index (χ0n) is 42.5. The van der Waals surface area contributed by atoms with Crippen LogP contribution in [0.15, 0.2) is 54.6 Å². The van der Waals surface area contributed by atoms with Gasteiger partial charge >= 0.3 is 12.1 Å². The lowest BCUT2D eigenvalue weighted by Gasteiger charge is -2.35. The Hall–Kier alpha value is -7.96. The number of benzene rings is 3. The highest BCUT2D eigenvalue weighted by atomic mass is 19.1. The molecule has 5 N–H and O–H groups in total. The molecule has 6 amide bonds. The summed E-state index contributed by atoms with van der Waals surface area (Å²) in [4.78, 5) is 93.6. The lowest BCUT2D eigenvalue weighted by atomic mass is 9.92. The van der Waals surface area contributed by atoms with Crippen LogP contribution in [0.2, 0.25) is 0 Å². The van der Waals surface area contributed by atoms with E-state index in [1.165, 1.54) is 41.3 Å². The molecule has 400 valence electrons. The molecule has 77 heavy (non-hydrogen) atoms. The van der Waals surface area contributed by atoms with Crippen molar-refractivity contribution in [2.75, 3.05) is 56.7 Å². The predicted molar refractivity (Wildman–Crippen MR) is 278 cm³/mol. The maximum atomic E-state index is 17.3. The molecule has 0 aliphatic carbocycles. The van der Waals surface area contributed by atoms with Crippen LogP contribution >= 0.6 is 0 Å². The molecule has 4 aromatic rings. The molecule has 0 spiro atoms. The summed E-state index contributed by atoms with van der Waals surface area (Å²) in [5.41, 5.74) is 0.904. The van der Waals surface area contributed by atoms with Gasteiger partial charge in [0.05, 0.1) is 33.1 Å². The highest BCUT2D eigenvalue weighted by Crippen LogP contribution is 2.45. The lowest BCUT2D eigenvalue weighted by Crippen LogP contribution is -2.54. The normalized spacial score (nSPS) is 24.5. The first-order valence-corrected chi connectivity index (χ1v) is 26.1. The molecule has 3 aromatic carbocycles. The third-order valence-electron chi connectivity index (χ3n) is 16.1. The Morgan fingerprint density at radius 2 is 1.83 bits per heavy atom. The summed E-state index contributed by atoms with van der Waals surface area (Å²) in [6.45, 7) is 6.85. The first kappa shape index (κ1) is 51.2. The molecule has 19 nitrogen and oxygen atoms in total. The van der Waals surface area contributed by atoms with Gasteiger partial charge in [-0.15, -0.1) is 6.42 Å². The van der Waals surface area contributed by atoms with Crippen LogP contribution in [-0.4, -0.2) is 142 Å². The van der Waals surface area contributed by atoms with Gasteiger partial charge in [0, 0.05) is 75.8 Å². The minimum absolute atomic E-state index is 0.000327. The summed E-state index contributed by atoms with van der Waals surface area (Å²) in [6.07, 6.45) is 12.8. The van der Waals surface area contributed by atoms with Crippen LogP contribution in [0.3, 0.4) is 0 Å². The zero-order valence-corrected chi connectivity index (χ0v) is 42.5. The van der Waals surface area contributed by atoms with Gasteiger partial charge in [-0.05, 0) is 92.6 Å². The Kier molecular flexibility index (Phi) is 13.6. The minimum Gasteiger partial charge on any atom is -0.508 e. The lowest BCUT2D eigenvalue weighted by molar-refractivity contribution is -0.136. The first-order valence-electron chi connectivity index (χ1n) is 26.1. The van der Waals surface area contributed by atoms with Crippen LogP contribution < -0.4 is 41.5 Å². The summed E-state index contributed by atoms with van der Waals surface area (Å²) in [5, 5.41) is 23.7. The fraction of sp³-hybridized carbons (Fsp3) is 0.429. The number of aromatic nitrogens is 2. The minimum atomic E-state index is -1.18. The summed E-state index contributed by atoms with van der Waals surface area (Å²) < 4.78 is 44.9. The third kappa shape index (κ3) is 9.58. The second-order valence-electron chi connectivity index (χ2n) is 21.2. The molecule has 7 aliphatic rings. The van der Waals surface area contributed by atoms with Crippen LogP contribution in [0.4, 0.5) is 25.1 Å². The molecule has 6 unspecified atom stereocenters. The molecule has 0 radical (unpaired) electrons. The number of halogens is 2. The molecular weight excluding hydrogens is 995 g/mol. The van der Waals surface area contributed by atoms with Gasteiger partial charge in [0.25, 0.3) is 11.8 Å². The number of rotatable bonds is 15. The SMILES string of the molecule is C#Cc1c(F)ccc2cc(O)cc(C3NC=c4c(N5CC6CCC(C5)N6)nc(OCC56CCC(COC(=O)N(C)CCCCCC(=O)Nc7cccc8c7C(=O)N(C7CCC(=O)NC7=O)C8=O)N5CC(=C)C6)nc4=C3F)c12. The number of anilines is 2. The van der Waals surface area contributed by atoms with Crippen molar-refractivity contribution in [2.45, 2.75) is 106 Å². The number of fused-ring (bicyclic) bond motifs is 6. The van der Waals surface area contributed by atoms with Gasteiger partial charge < -0.3 is 40.3 Å². The number of carbonyl (C=O) groups excluding carboxylic acids is 6. The van der Waals surface area contributed by atoms with E-state index in [2.05, 4.69) is 43.6 Å². The number of aromatic hydroxyl groups is 1. The second kappa shape index (κ2) is 20.5. The number of imide groups is 2. The smallest absolute Gasteiger partial charge is 0.409 e. The summed E-state index contributed by atoms with van der Waals surface area (Å²) in [5.74, 6) is -1.47. The Balaban J connectivity index is 0.709. The van der Waals surface area contributed by atoms with Crippen molar-refractivity contribution in [1.29, 1.82) is 0 Å². The van der Waals surface area contributed by atoms with E-state index >= 15 is 8.78 Å². The quantitative estimate of drug-likeness (QED) is 0.0495. The number of terminal acetylenes is 1. The standard InChI is InChI=1S/C56H58F2N10O9/c1-4-36-40(57)15-12-31-21-35(69)22-38(45(31)36)48-47(58)49-39(24-59-48)50(66-26-32-13-14-33(27-66)60-32)64-54(63-49)77-29-56-19-18-34(67(56)25-30(2)23-56)28-76-55(75)65(3)20-7-5-6-11-43(70)61-41-10-8-9-37-46(41)53(74)68(52(37)73)42-16-17-44(71)62-51(42)72/h1,8-10,12,15,21-22,24,32-34,42,48,59-60,69H,2,5-7,11,13-14,16-20,23,25-29H2,3H3,(H,61,70)(H,62,71,72). The molecule has 21 heteroatoms. The average molecular weight is 1050 g/mol. The number of amides is 6. The summed E-state index contributed by atoms with van der Waals surface area (Å²) in [6, 6.07) is 8.10. The van der Waals surface area contributed by atoms with Crippen molar-refractivity contribution in [3.8, 4) is 24.1 Å². The zero-order chi connectivity index (χ0) is 53.9. The molecule has 5 fully saturated rings. The molecule has 8 heterocycles. The van der Waals surface area contributed by atoms with Crippen molar-refractivity contribution in [3.63, 3.8) is 0 Å². The van der Waals surface area contributed by atoms with E-state index in [1.54, 1.807) is 19.3 Å². The highest BCUT2D eigenvalue weighted by Gasteiger charge is 2.52. The number of phenols is 1. The van der Waals surface area contributed by atoms with Crippen LogP contribution in [0.1, 0.15) is 109 Å². The van der Waals surface area contributed by atoms with E-state index in [4.69, 9.17) is 25.9 Å². The number of phenolic OH excluding ortho intramolecular Hbond substituents is 1. The Morgan fingerprint density at radius 1 is 1.03 bits per heavy atom. The maximum absolute atomic E-state index is 17.3. The largest absolute Gasteiger partial charge is 0.508 e. The van der Waals surface area contributed by atoms with Crippen LogP contribution in [0.5, 0.6) is 11.8 Å². The molecular formula is C56H58F2N10O9. The summed E-state index contributed by atoms with van der Waals surface area (Å²) >= 11 is 0. The van der Waals surface area contributed by atoms with Crippen molar-refractivity contribution in [3.05, 3.63) is 93.3 Å². The van der Waals surface area contributed by atoms with E-state index in [1.807, 2.05) is 0 Å². The fourth-order valence-corrected chi connectivity index (χ4v) is 12.4. The third-order valence-corrected chi connectivity index (χ3v) is 16.1. The molecule has 11 rings (SSSR count). The highest BCUT2D eigenvalue weighted by molar-refractivity contribution is 6.26. The summed E-state index contributed by atoms with van der Waals surface area (Å²) in [7, 11) is 1.65. The fourth-order valence-electron chi connectivity index (χ4n) is 12.4. The number of hydrogen-bond donors (Lipinski definition) is 5. The maximum Gasteiger partial charge on any atom is 0.409 e. The molecule has 0 saturated carbocycles. The number of piperidine rings is 1. The predicted octanol–water partition coefficient (Wildman–Crippen LogP) is 3.77. The number of piperazine rings is 1. The van der Waals surface area contributed by atoms with Crippen molar-refractivity contribution in [2.24, 2.45) is 0 Å². The van der Waals surface area contributed by atoms with E-state index in [9.17, 15) is 33.9 Å². The van der Waals surface area contributed by atoms with Gasteiger partial charge in [0.15, 0.2) is 5.83 Å². The van der Waals surface area contributed by atoms with Gasteiger partial charge in [-0.2, -0.15) is 9.97 Å². The van der Waals surface area contributed by atoms with Gasteiger partial charge in [-0.25, -0.2) is 13.6 Å². The molecule has 2 bridgehead atoms. The topological polar surface area (TPSA) is 228 Å². The number of unbranched alkanes of at least 4 members (excludes halogenated alkanes) is 2. The molecule has 6 atom stereocenters. The van der Waals surface area contributed by atoms with E-state index in [0.29, 0.717) is 86.5 Å². The second-order valence-corrected chi connectivity index (χ2v) is 21.2. The first-order chi connectivity index (χ1) is 37.1. The number of carbonyl (C=O) groups is 6. The number of nitrogens with zero attached hydrogens (tertiary/aromatic N) is 6. The average Bonchev–Trinajstić information content (AvgIpc) is 4.25. The van der Waals surface area contributed by atoms with Gasteiger partial charge in [-0.3, -0.25) is 39.1 Å². The van der Waals surface area contributed by atoms with Crippen LogP contribution in [-0.2, 0) is 19.1 Å². The Bertz CT molecular complexity index is 3350. The molecule has 1 aromatic heterocycles. The number of ether oxygens (including phenoxy) is 2. The van der Waals surface area contributed by atoms with Crippen LogP contribution in [0.25, 0.3) is 22.8 Å². The van der Waals surface area contributed by atoms with Crippen molar-refractivity contribution in [1.82, 2.24) is 40.6 Å². The monoisotopic (exact) mass is 1050 g/mol. The van der Waals surface area contributed by atoms with E-state index in [0.717, 1.165) is 23.3 Å². The Labute approximate surface area is 441 Å². The number of nitrogens with one attached hydrogen (secondary N) is 4. The molecule has 5 saturated heterocycles. The van der Waals surface area contributed by atoms with E-state index < -0.39 is 59.0 Å². The van der Waals surface area contributed by atoms with Gasteiger partial charge in [0.1, 0.15) is 48.0 Å². The van der Waals surface area contributed by atoms with Crippen LogP contribution in [0, 0.1) is 18.2 Å². The van der Waals surface area contributed by atoms with Crippen molar-refractivity contribution < 1.29 is 52.1 Å². The number of hydrogen-bond acceptors (Lipinski definition) is 15.